The highest BCUT2D eigenvalue weighted by atomic mass is 16.4. The number of carboxylic acid groups (broad SMARTS) is 1. The molecule has 0 aromatic carbocycles. The first-order chi connectivity index (χ1) is 8.41. The third kappa shape index (κ3) is 3.89. The van der Waals surface area contributed by atoms with Crippen LogP contribution >= 0.6 is 0 Å². The third-order valence-electron chi connectivity index (χ3n) is 2.47. The number of aromatic carboxylic acids is 1. The molecule has 0 fully saturated rings. The Hall–Kier alpha value is -1.82. The first kappa shape index (κ1) is 14.2. The second kappa shape index (κ2) is 6.20. The highest BCUT2D eigenvalue weighted by molar-refractivity contribution is 5.89. The maximum absolute atomic E-state index is 11.6. The molecule has 1 atom stereocenters. The van der Waals surface area contributed by atoms with Gasteiger partial charge in [-0.05, 0) is 26.8 Å². The number of H-pyrrole nitrogens is 1. The van der Waals surface area contributed by atoms with Gasteiger partial charge in [-0.1, -0.05) is 0 Å². The monoisotopic (exact) mass is 253 g/mol. The van der Waals surface area contributed by atoms with Crippen molar-refractivity contribution < 1.29 is 14.7 Å². The maximum atomic E-state index is 11.6. The van der Waals surface area contributed by atoms with Gasteiger partial charge in [0.25, 0.3) is 0 Å². The second-order valence-electron chi connectivity index (χ2n) is 4.44. The predicted octanol–water partition coefficient (Wildman–Crippen LogP) is 0.716. The van der Waals surface area contributed by atoms with Gasteiger partial charge in [0.1, 0.15) is 0 Å². The Morgan fingerprint density at radius 2 is 2.06 bits per heavy atom. The van der Waals surface area contributed by atoms with E-state index in [0.29, 0.717) is 12.2 Å². The molecule has 6 heteroatoms. The van der Waals surface area contributed by atoms with Crippen LogP contribution in [0, 0.1) is 0 Å². The number of carbonyl (C=O) groups excluding carboxylic acids is 1. The van der Waals surface area contributed by atoms with Crippen molar-refractivity contribution in [2.24, 2.45) is 0 Å². The van der Waals surface area contributed by atoms with Crippen LogP contribution in [-0.2, 0) is 11.3 Å². The van der Waals surface area contributed by atoms with Crippen molar-refractivity contribution in [3.8, 4) is 0 Å². The Morgan fingerprint density at radius 3 is 2.61 bits per heavy atom. The van der Waals surface area contributed by atoms with Gasteiger partial charge < -0.3 is 20.7 Å². The molecule has 1 aromatic heterocycles. The van der Waals surface area contributed by atoms with Crippen molar-refractivity contribution >= 4 is 11.9 Å². The number of nitrogens with one attached hydrogen (secondary N) is 3. The lowest BCUT2D eigenvalue weighted by Gasteiger charge is -2.15. The summed E-state index contributed by atoms with van der Waals surface area (Å²) in [5.41, 5.74) is 0.783. The topological polar surface area (TPSA) is 94.2 Å². The van der Waals surface area contributed by atoms with Crippen molar-refractivity contribution in [2.45, 2.75) is 39.4 Å². The molecule has 0 aliphatic heterocycles. The Labute approximate surface area is 106 Å². The average molecular weight is 253 g/mol. The van der Waals surface area contributed by atoms with Crippen molar-refractivity contribution in [3.05, 3.63) is 23.5 Å². The van der Waals surface area contributed by atoms with E-state index in [-0.39, 0.29) is 23.6 Å². The van der Waals surface area contributed by atoms with Gasteiger partial charge in [0, 0.05) is 24.5 Å². The normalized spacial score (nSPS) is 12.4. The molecule has 18 heavy (non-hydrogen) atoms. The molecule has 4 N–H and O–H groups in total. The van der Waals surface area contributed by atoms with Crippen LogP contribution in [0.4, 0.5) is 0 Å². The number of hydrogen-bond acceptors (Lipinski definition) is 3. The summed E-state index contributed by atoms with van der Waals surface area (Å²) < 4.78 is 0. The number of carbonyl (C=O) groups is 2. The van der Waals surface area contributed by atoms with Crippen molar-refractivity contribution in [1.82, 2.24) is 15.6 Å². The predicted molar refractivity (Wildman–Crippen MR) is 67.3 cm³/mol. The summed E-state index contributed by atoms with van der Waals surface area (Å²) in [4.78, 5) is 25.4. The Kier molecular flexibility index (Phi) is 4.91. The molecule has 1 rings (SSSR count). The van der Waals surface area contributed by atoms with Gasteiger partial charge in [0.2, 0.25) is 5.91 Å². The van der Waals surface area contributed by atoms with Gasteiger partial charge in [-0.2, -0.15) is 0 Å². The van der Waals surface area contributed by atoms with E-state index in [9.17, 15) is 9.59 Å². The SMILES string of the molecule is CC(C)NC(=O)C(C)NCc1[nH]ccc1C(=O)O. The van der Waals surface area contributed by atoms with E-state index in [0.717, 1.165) is 0 Å². The number of rotatable bonds is 6. The number of carboxylic acids is 1. The summed E-state index contributed by atoms with van der Waals surface area (Å²) in [7, 11) is 0. The highest BCUT2D eigenvalue weighted by Gasteiger charge is 2.15. The van der Waals surface area contributed by atoms with E-state index in [1.165, 1.54) is 6.07 Å². The fourth-order valence-corrected chi connectivity index (χ4v) is 1.51. The van der Waals surface area contributed by atoms with Gasteiger partial charge in [0.15, 0.2) is 0 Å². The average Bonchev–Trinajstić information content (AvgIpc) is 2.72. The van der Waals surface area contributed by atoms with E-state index >= 15 is 0 Å². The molecule has 1 amide bonds. The molecule has 0 spiro atoms. The van der Waals surface area contributed by atoms with Crippen LogP contribution in [0.25, 0.3) is 0 Å². The van der Waals surface area contributed by atoms with E-state index in [1.807, 2.05) is 13.8 Å². The molecule has 0 aliphatic carbocycles. The Balaban J connectivity index is 2.52. The summed E-state index contributed by atoms with van der Waals surface area (Å²) in [6.07, 6.45) is 1.57. The van der Waals surface area contributed by atoms with Crippen LogP contribution in [0.15, 0.2) is 12.3 Å². The first-order valence-corrected chi connectivity index (χ1v) is 5.85. The Morgan fingerprint density at radius 1 is 1.39 bits per heavy atom. The van der Waals surface area contributed by atoms with Crippen LogP contribution in [0.2, 0.25) is 0 Å². The van der Waals surface area contributed by atoms with E-state index in [1.54, 1.807) is 13.1 Å². The molecule has 0 saturated heterocycles. The molecule has 1 aromatic rings. The molecular formula is C12H19N3O3. The maximum Gasteiger partial charge on any atom is 0.337 e. The Bertz CT molecular complexity index is 426. The molecule has 6 nitrogen and oxygen atoms in total. The van der Waals surface area contributed by atoms with E-state index in [2.05, 4.69) is 15.6 Å². The number of amides is 1. The smallest absolute Gasteiger partial charge is 0.337 e. The molecule has 1 unspecified atom stereocenters. The van der Waals surface area contributed by atoms with Gasteiger partial charge in [-0.3, -0.25) is 4.79 Å². The molecule has 1 heterocycles. The first-order valence-electron chi connectivity index (χ1n) is 5.85. The molecule has 0 aliphatic rings. The molecular weight excluding hydrogens is 234 g/mol. The summed E-state index contributed by atoms with van der Waals surface area (Å²) in [6, 6.07) is 1.21. The minimum atomic E-state index is -0.979. The molecule has 0 bridgehead atoms. The minimum absolute atomic E-state index is 0.0850. The standard InChI is InChI=1S/C12H19N3O3/c1-7(2)15-11(16)8(3)14-6-10-9(12(17)18)4-5-13-10/h4-5,7-8,13-14H,6H2,1-3H3,(H,15,16)(H,17,18). The van der Waals surface area contributed by atoms with Gasteiger partial charge in [0.05, 0.1) is 11.6 Å². The lowest BCUT2D eigenvalue weighted by molar-refractivity contribution is -0.123. The van der Waals surface area contributed by atoms with Crippen molar-refractivity contribution in [1.29, 1.82) is 0 Å². The van der Waals surface area contributed by atoms with Crippen LogP contribution in [-0.4, -0.2) is 34.1 Å². The molecule has 0 radical (unpaired) electrons. The van der Waals surface area contributed by atoms with Gasteiger partial charge in [-0.15, -0.1) is 0 Å². The van der Waals surface area contributed by atoms with Crippen molar-refractivity contribution in [2.75, 3.05) is 0 Å². The van der Waals surface area contributed by atoms with Crippen LogP contribution < -0.4 is 10.6 Å². The molecule has 100 valence electrons. The fraction of sp³-hybridized carbons (Fsp3) is 0.500. The summed E-state index contributed by atoms with van der Waals surface area (Å²) in [6.45, 7) is 5.82. The zero-order chi connectivity index (χ0) is 13.7. The quantitative estimate of drug-likeness (QED) is 0.600. The zero-order valence-electron chi connectivity index (χ0n) is 10.8. The second-order valence-corrected chi connectivity index (χ2v) is 4.44. The summed E-state index contributed by atoms with van der Waals surface area (Å²) >= 11 is 0. The largest absolute Gasteiger partial charge is 0.478 e. The fourth-order valence-electron chi connectivity index (χ4n) is 1.51. The number of aromatic nitrogens is 1. The highest BCUT2D eigenvalue weighted by Crippen LogP contribution is 2.06. The van der Waals surface area contributed by atoms with Crippen LogP contribution in [0.3, 0.4) is 0 Å². The summed E-state index contributed by atoms with van der Waals surface area (Å²) in [5, 5.41) is 14.7. The lowest BCUT2D eigenvalue weighted by atomic mass is 10.2. The van der Waals surface area contributed by atoms with Crippen LogP contribution in [0.1, 0.15) is 36.8 Å². The van der Waals surface area contributed by atoms with E-state index < -0.39 is 5.97 Å². The lowest BCUT2D eigenvalue weighted by Crippen LogP contribution is -2.44. The van der Waals surface area contributed by atoms with Crippen LogP contribution in [0.5, 0.6) is 0 Å². The molecule has 0 saturated carbocycles. The minimum Gasteiger partial charge on any atom is -0.478 e. The van der Waals surface area contributed by atoms with Gasteiger partial charge >= 0.3 is 5.97 Å². The van der Waals surface area contributed by atoms with Gasteiger partial charge in [-0.25, -0.2) is 4.79 Å². The number of hydrogen-bond donors (Lipinski definition) is 4. The van der Waals surface area contributed by atoms with Crippen molar-refractivity contribution in [3.63, 3.8) is 0 Å². The third-order valence-corrected chi connectivity index (χ3v) is 2.47. The summed E-state index contributed by atoms with van der Waals surface area (Å²) in [5.74, 6) is -1.08. The number of aromatic amines is 1. The van der Waals surface area contributed by atoms with E-state index in [4.69, 9.17) is 5.11 Å². The zero-order valence-corrected chi connectivity index (χ0v) is 10.8.